The fourth-order valence-corrected chi connectivity index (χ4v) is 1.48. The molecule has 86 valence electrons. The molecule has 4 nitrogen and oxygen atoms in total. The summed E-state index contributed by atoms with van der Waals surface area (Å²) in [5.74, 6) is 0. The number of benzene rings is 1. The molecule has 2 unspecified atom stereocenters. The van der Waals surface area contributed by atoms with Gasteiger partial charge in [0.15, 0.2) is 0 Å². The molecule has 0 fully saturated rings. The molecule has 0 aliphatic heterocycles. The van der Waals surface area contributed by atoms with Crippen LogP contribution in [-0.4, -0.2) is 24.9 Å². The molecule has 0 aliphatic carbocycles. The molecule has 1 aromatic rings. The Morgan fingerprint density at radius 3 is 2.56 bits per heavy atom. The minimum Gasteiger partial charge on any atom is -0.388 e. The van der Waals surface area contributed by atoms with Crippen molar-refractivity contribution in [2.24, 2.45) is 5.73 Å². The lowest BCUT2D eigenvalue weighted by atomic mass is 10.0. The van der Waals surface area contributed by atoms with Crippen LogP contribution in [0.1, 0.15) is 23.7 Å². The van der Waals surface area contributed by atoms with Gasteiger partial charge in [-0.05, 0) is 24.1 Å². The Kier molecular flexibility index (Phi) is 4.93. The lowest BCUT2D eigenvalue weighted by Gasteiger charge is -2.16. The van der Waals surface area contributed by atoms with E-state index in [2.05, 4.69) is 0 Å². The Labute approximate surface area is 95.3 Å². The molecule has 0 saturated heterocycles. The highest BCUT2D eigenvalue weighted by Crippen LogP contribution is 2.18. The summed E-state index contributed by atoms with van der Waals surface area (Å²) in [6, 6.07) is 8.68. The maximum absolute atomic E-state index is 9.86. The van der Waals surface area contributed by atoms with Gasteiger partial charge in [0.25, 0.3) is 0 Å². The highest BCUT2D eigenvalue weighted by Gasteiger charge is 2.12. The van der Waals surface area contributed by atoms with E-state index in [0.29, 0.717) is 18.6 Å². The Balaban J connectivity index is 2.59. The molecular weight excluding hydrogens is 204 g/mol. The third kappa shape index (κ3) is 3.63. The van der Waals surface area contributed by atoms with Gasteiger partial charge in [-0.2, -0.15) is 5.26 Å². The van der Waals surface area contributed by atoms with Crippen molar-refractivity contribution in [2.75, 3.05) is 13.7 Å². The number of nitrogens with two attached hydrogens (primary N) is 1. The van der Waals surface area contributed by atoms with E-state index in [1.165, 1.54) is 0 Å². The SMILES string of the molecule is COCC(N)CC(O)c1ccc(C#N)cc1. The van der Waals surface area contributed by atoms with Gasteiger partial charge in [-0.1, -0.05) is 12.1 Å². The number of nitriles is 1. The number of methoxy groups -OCH3 is 1. The van der Waals surface area contributed by atoms with Crippen molar-refractivity contribution >= 4 is 0 Å². The highest BCUT2D eigenvalue weighted by molar-refractivity contribution is 5.32. The first-order chi connectivity index (χ1) is 7.67. The Hall–Kier alpha value is -1.41. The van der Waals surface area contributed by atoms with Crippen molar-refractivity contribution < 1.29 is 9.84 Å². The summed E-state index contributed by atoms with van der Waals surface area (Å²) in [4.78, 5) is 0. The molecule has 0 radical (unpaired) electrons. The van der Waals surface area contributed by atoms with Gasteiger partial charge in [-0.25, -0.2) is 0 Å². The van der Waals surface area contributed by atoms with Crippen LogP contribution in [0.3, 0.4) is 0 Å². The first-order valence-electron chi connectivity index (χ1n) is 5.10. The molecule has 0 saturated carbocycles. The van der Waals surface area contributed by atoms with E-state index in [-0.39, 0.29) is 6.04 Å². The van der Waals surface area contributed by atoms with Gasteiger partial charge in [0, 0.05) is 13.2 Å². The maximum atomic E-state index is 9.86. The second-order valence-corrected chi connectivity index (χ2v) is 3.70. The predicted molar refractivity (Wildman–Crippen MR) is 60.6 cm³/mol. The molecule has 0 bridgehead atoms. The molecule has 0 spiro atoms. The van der Waals surface area contributed by atoms with Crippen molar-refractivity contribution in [1.82, 2.24) is 0 Å². The molecule has 2 atom stereocenters. The van der Waals surface area contributed by atoms with Crippen LogP contribution in [-0.2, 0) is 4.74 Å². The van der Waals surface area contributed by atoms with Crippen LogP contribution in [0, 0.1) is 11.3 Å². The highest BCUT2D eigenvalue weighted by atomic mass is 16.5. The van der Waals surface area contributed by atoms with Crippen LogP contribution in [0.4, 0.5) is 0 Å². The van der Waals surface area contributed by atoms with Gasteiger partial charge in [-0.3, -0.25) is 0 Å². The Morgan fingerprint density at radius 1 is 1.44 bits per heavy atom. The van der Waals surface area contributed by atoms with Crippen LogP contribution in [0.2, 0.25) is 0 Å². The van der Waals surface area contributed by atoms with Gasteiger partial charge in [0.2, 0.25) is 0 Å². The van der Waals surface area contributed by atoms with Crippen LogP contribution < -0.4 is 5.73 Å². The van der Waals surface area contributed by atoms with Crippen LogP contribution in [0.15, 0.2) is 24.3 Å². The average molecular weight is 220 g/mol. The number of aliphatic hydroxyl groups is 1. The fraction of sp³-hybridized carbons (Fsp3) is 0.417. The molecule has 1 rings (SSSR count). The van der Waals surface area contributed by atoms with Crippen molar-refractivity contribution in [3.8, 4) is 6.07 Å². The van der Waals surface area contributed by atoms with E-state index in [9.17, 15) is 5.11 Å². The van der Waals surface area contributed by atoms with Crippen molar-refractivity contribution in [1.29, 1.82) is 5.26 Å². The summed E-state index contributed by atoms with van der Waals surface area (Å²) < 4.78 is 4.90. The van der Waals surface area contributed by atoms with Gasteiger partial charge >= 0.3 is 0 Å². The number of hydrogen-bond acceptors (Lipinski definition) is 4. The third-order valence-corrected chi connectivity index (χ3v) is 2.33. The van der Waals surface area contributed by atoms with E-state index < -0.39 is 6.10 Å². The van der Waals surface area contributed by atoms with Gasteiger partial charge in [-0.15, -0.1) is 0 Å². The third-order valence-electron chi connectivity index (χ3n) is 2.33. The topological polar surface area (TPSA) is 79.3 Å². The Bertz CT molecular complexity index is 356. The zero-order chi connectivity index (χ0) is 12.0. The average Bonchev–Trinajstić information content (AvgIpc) is 2.29. The smallest absolute Gasteiger partial charge is 0.0991 e. The molecule has 0 aliphatic rings. The van der Waals surface area contributed by atoms with E-state index in [4.69, 9.17) is 15.7 Å². The molecule has 1 aromatic carbocycles. The molecule has 0 amide bonds. The zero-order valence-corrected chi connectivity index (χ0v) is 9.26. The Morgan fingerprint density at radius 2 is 2.06 bits per heavy atom. The largest absolute Gasteiger partial charge is 0.388 e. The maximum Gasteiger partial charge on any atom is 0.0991 e. The van der Waals surface area contributed by atoms with Crippen LogP contribution in [0.25, 0.3) is 0 Å². The van der Waals surface area contributed by atoms with Gasteiger partial charge < -0.3 is 15.6 Å². The summed E-state index contributed by atoms with van der Waals surface area (Å²) in [6.07, 6.45) is -0.169. The van der Waals surface area contributed by atoms with Crippen molar-refractivity contribution in [3.63, 3.8) is 0 Å². The molecular formula is C12H16N2O2. The summed E-state index contributed by atoms with van der Waals surface area (Å²) >= 11 is 0. The predicted octanol–water partition coefficient (Wildman–Crippen LogP) is 0.955. The number of ether oxygens (including phenoxy) is 1. The van der Waals surface area contributed by atoms with E-state index in [0.717, 1.165) is 5.56 Å². The van der Waals surface area contributed by atoms with E-state index >= 15 is 0 Å². The number of nitrogens with zero attached hydrogens (tertiary/aromatic N) is 1. The standard InChI is InChI=1S/C12H16N2O2/c1-16-8-11(14)6-12(15)10-4-2-9(7-13)3-5-10/h2-5,11-12,15H,6,8,14H2,1H3. The minimum atomic E-state index is -0.613. The molecule has 0 heterocycles. The number of hydrogen-bond donors (Lipinski definition) is 2. The number of aliphatic hydroxyl groups excluding tert-OH is 1. The van der Waals surface area contributed by atoms with Crippen LogP contribution >= 0.6 is 0 Å². The minimum absolute atomic E-state index is 0.185. The quantitative estimate of drug-likeness (QED) is 0.774. The molecule has 4 heteroatoms. The van der Waals surface area contributed by atoms with Crippen molar-refractivity contribution in [3.05, 3.63) is 35.4 Å². The van der Waals surface area contributed by atoms with Gasteiger partial charge in [0.05, 0.1) is 24.3 Å². The van der Waals surface area contributed by atoms with E-state index in [1.54, 1.807) is 31.4 Å². The van der Waals surface area contributed by atoms with Crippen LogP contribution in [0.5, 0.6) is 0 Å². The first-order valence-corrected chi connectivity index (χ1v) is 5.10. The summed E-state index contributed by atoms with van der Waals surface area (Å²) in [5, 5.41) is 18.5. The number of rotatable bonds is 5. The molecule has 16 heavy (non-hydrogen) atoms. The second-order valence-electron chi connectivity index (χ2n) is 3.70. The lowest BCUT2D eigenvalue weighted by Crippen LogP contribution is -2.27. The molecule has 3 N–H and O–H groups in total. The monoisotopic (exact) mass is 220 g/mol. The first kappa shape index (κ1) is 12.7. The zero-order valence-electron chi connectivity index (χ0n) is 9.26. The fourth-order valence-electron chi connectivity index (χ4n) is 1.48. The second kappa shape index (κ2) is 6.23. The summed E-state index contributed by atoms with van der Waals surface area (Å²) in [7, 11) is 1.58. The molecule has 0 aromatic heterocycles. The van der Waals surface area contributed by atoms with E-state index in [1.807, 2.05) is 6.07 Å². The summed E-state index contributed by atoms with van der Waals surface area (Å²) in [6.45, 7) is 0.424. The van der Waals surface area contributed by atoms with Gasteiger partial charge in [0.1, 0.15) is 0 Å². The summed E-state index contributed by atoms with van der Waals surface area (Å²) in [5.41, 5.74) is 7.09. The van der Waals surface area contributed by atoms with Crippen molar-refractivity contribution in [2.45, 2.75) is 18.6 Å². The lowest BCUT2D eigenvalue weighted by molar-refractivity contribution is 0.122. The normalized spacial score (nSPS) is 14.1.